The molecule has 0 aliphatic rings. The summed E-state index contributed by atoms with van der Waals surface area (Å²) in [4.78, 5) is 4.37. The molecule has 10 heteroatoms. The Hall–Kier alpha value is -3.53. The molecule has 30 heavy (non-hydrogen) atoms. The number of nitrogens with two attached hydrogens (primary N) is 1. The molecule has 154 valence electrons. The van der Waals surface area contributed by atoms with Crippen LogP contribution >= 0.6 is 0 Å². The van der Waals surface area contributed by atoms with Gasteiger partial charge in [0.15, 0.2) is 17.5 Å². The lowest BCUT2D eigenvalue weighted by Gasteiger charge is -2.13. The molecule has 0 fully saturated rings. The number of hydrogen-bond acceptors (Lipinski definition) is 6. The first-order chi connectivity index (χ1) is 14.5. The van der Waals surface area contributed by atoms with Gasteiger partial charge in [-0.3, -0.25) is 5.10 Å². The van der Waals surface area contributed by atoms with E-state index in [1.165, 1.54) is 18.2 Å². The highest BCUT2D eigenvalue weighted by Gasteiger charge is 2.34. The number of aromatic amines is 1. The molecular weight excluding hydrogens is 395 g/mol. The van der Waals surface area contributed by atoms with Crippen molar-refractivity contribution in [1.29, 1.82) is 0 Å². The third-order valence-electron chi connectivity index (χ3n) is 4.55. The van der Waals surface area contributed by atoms with Crippen LogP contribution in [0.5, 0.6) is 0 Å². The normalized spacial score (nSPS) is 11.7. The number of aromatic nitrogens is 5. The van der Waals surface area contributed by atoms with Crippen LogP contribution < -0.4 is 11.1 Å². The van der Waals surface area contributed by atoms with Crippen molar-refractivity contribution < 1.29 is 13.2 Å². The molecule has 0 atom stereocenters. The van der Waals surface area contributed by atoms with Crippen molar-refractivity contribution >= 4 is 22.5 Å². The number of benzene rings is 2. The van der Waals surface area contributed by atoms with Gasteiger partial charge in [-0.1, -0.05) is 30.3 Å². The number of para-hydroxylation sites is 1. The second-order valence-corrected chi connectivity index (χ2v) is 6.61. The van der Waals surface area contributed by atoms with Crippen LogP contribution in [0.4, 0.5) is 24.8 Å². The van der Waals surface area contributed by atoms with Crippen molar-refractivity contribution in [2.45, 2.75) is 19.0 Å². The standard InChI is InChI=1S/C20H18F3N7/c21-20(22,23)14-8-3-1-6-12(14)17-25-19(16(28-29-17)10-5-11-24)26-18-13-7-2-4-9-15(13)27-30-18/h1-4,6-9H,5,10-11,24H2,(H2,25,26,27,29,30). The number of hydrogen-bond donors (Lipinski definition) is 3. The van der Waals surface area contributed by atoms with Crippen LogP contribution in [0.15, 0.2) is 48.5 Å². The molecule has 0 saturated carbocycles. The summed E-state index contributed by atoms with van der Waals surface area (Å²) in [6.07, 6.45) is -3.43. The van der Waals surface area contributed by atoms with E-state index in [4.69, 9.17) is 5.73 Å². The van der Waals surface area contributed by atoms with Crippen LogP contribution in [0.3, 0.4) is 0 Å². The average Bonchev–Trinajstić information content (AvgIpc) is 3.15. The first-order valence-electron chi connectivity index (χ1n) is 9.28. The molecule has 7 nitrogen and oxygen atoms in total. The zero-order valence-corrected chi connectivity index (χ0v) is 15.7. The number of rotatable bonds is 6. The minimum Gasteiger partial charge on any atom is -0.330 e. The van der Waals surface area contributed by atoms with Crippen LogP contribution in [0.2, 0.25) is 0 Å². The number of nitrogens with zero attached hydrogens (tertiary/aromatic N) is 4. The van der Waals surface area contributed by atoms with E-state index in [1.807, 2.05) is 24.3 Å². The van der Waals surface area contributed by atoms with Gasteiger partial charge >= 0.3 is 6.18 Å². The van der Waals surface area contributed by atoms with Gasteiger partial charge in [-0.2, -0.15) is 18.3 Å². The summed E-state index contributed by atoms with van der Waals surface area (Å²) in [6, 6.07) is 12.6. The maximum absolute atomic E-state index is 13.4. The number of anilines is 2. The summed E-state index contributed by atoms with van der Waals surface area (Å²) >= 11 is 0. The molecule has 2 aromatic heterocycles. The zero-order valence-electron chi connectivity index (χ0n) is 15.7. The Balaban J connectivity index is 1.79. The van der Waals surface area contributed by atoms with Gasteiger partial charge in [-0.05, 0) is 37.6 Å². The molecule has 4 aromatic rings. The average molecular weight is 413 g/mol. The van der Waals surface area contributed by atoms with Crippen molar-refractivity contribution in [2.75, 3.05) is 11.9 Å². The molecule has 0 aliphatic carbocycles. The SMILES string of the molecule is NCCCc1nnc(-c2ccccc2C(F)(F)F)nc1Nc1n[nH]c2ccccc12. The molecule has 0 unspecified atom stereocenters. The smallest absolute Gasteiger partial charge is 0.330 e. The fraction of sp³-hybridized carbons (Fsp3) is 0.200. The second-order valence-electron chi connectivity index (χ2n) is 6.61. The van der Waals surface area contributed by atoms with Gasteiger partial charge in [0.25, 0.3) is 0 Å². The fourth-order valence-electron chi connectivity index (χ4n) is 3.10. The van der Waals surface area contributed by atoms with Crippen LogP contribution in [0, 0.1) is 0 Å². The molecular formula is C20H18F3N7. The minimum atomic E-state index is -4.54. The molecule has 0 radical (unpaired) electrons. The van der Waals surface area contributed by atoms with E-state index in [0.29, 0.717) is 36.7 Å². The maximum Gasteiger partial charge on any atom is 0.417 e. The van der Waals surface area contributed by atoms with Crippen molar-refractivity contribution in [3.05, 3.63) is 59.8 Å². The molecule has 2 aromatic carbocycles. The van der Waals surface area contributed by atoms with Crippen molar-refractivity contribution in [3.63, 3.8) is 0 Å². The Morgan fingerprint density at radius 3 is 2.53 bits per heavy atom. The lowest BCUT2D eigenvalue weighted by atomic mass is 10.1. The topological polar surface area (TPSA) is 105 Å². The monoisotopic (exact) mass is 413 g/mol. The predicted octanol–water partition coefficient (Wildman–Crippen LogP) is 4.07. The number of fused-ring (bicyclic) bond motifs is 1. The maximum atomic E-state index is 13.4. The Morgan fingerprint density at radius 2 is 1.73 bits per heavy atom. The minimum absolute atomic E-state index is 0.123. The largest absolute Gasteiger partial charge is 0.417 e. The van der Waals surface area contributed by atoms with Gasteiger partial charge in [0.05, 0.1) is 11.1 Å². The summed E-state index contributed by atoms with van der Waals surface area (Å²) in [6.45, 7) is 0.436. The molecule has 0 aliphatic heterocycles. The number of halogens is 3. The van der Waals surface area contributed by atoms with Crippen molar-refractivity contribution in [2.24, 2.45) is 5.73 Å². The number of H-pyrrole nitrogens is 1. The Labute approximate surface area is 169 Å². The third kappa shape index (κ3) is 3.94. The number of alkyl halides is 3. The van der Waals surface area contributed by atoms with Gasteiger partial charge in [-0.25, -0.2) is 4.98 Å². The van der Waals surface area contributed by atoms with E-state index in [2.05, 4.69) is 30.7 Å². The summed E-state index contributed by atoms with van der Waals surface area (Å²) in [5.41, 5.74) is 5.95. The predicted molar refractivity (Wildman–Crippen MR) is 107 cm³/mol. The molecule has 4 N–H and O–H groups in total. The highest BCUT2D eigenvalue weighted by atomic mass is 19.4. The summed E-state index contributed by atoms with van der Waals surface area (Å²) in [5.74, 6) is 0.666. The molecule has 0 spiro atoms. The lowest BCUT2D eigenvalue weighted by Crippen LogP contribution is -2.11. The summed E-state index contributed by atoms with van der Waals surface area (Å²) in [7, 11) is 0. The highest BCUT2D eigenvalue weighted by molar-refractivity contribution is 5.91. The number of nitrogens with one attached hydrogen (secondary N) is 2. The van der Waals surface area contributed by atoms with Crippen LogP contribution in [-0.4, -0.2) is 31.9 Å². The Bertz CT molecular complexity index is 1170. The van der Waals surface area contributed by atoms with Gasteiger partial charge in [-0.15, -0.1) is 10.2 Å². The van der Waals surface area contributed by atoms with Gasteiger partial charge in [0, 0.05) is 10.9 Å². The fourth-order valence-corrected chi connectivity index (χ4v) is 3.10. The third-order valence-corrected chi connectivity index (χ3v) is 4.55. The summed E-state index contributed by atoms with van der Waals surface area (Å²) < 4.78 is 40.3. The molecule has 0 amide bonds. The van der Waals surface area contributed by atoms with E-state index in [0.717, 1.165) is 17.0 Å². The van der Waals surface area contributed by atoms with Crippen LogP contribution in [-0.2, 0) is 12.6 Å². The van der Waals surface area contributed by atoms with Gasteiger partial charge < -0.3 is 11.1 Å². The Kier molecular flexibility index (Phi) is 5.32. The first-order valence-corrected chi connectivity index (χ1v) is 9.28. The van der Waals surface area contributed by atoms with Gasteiger partial charge in [0.2, 0.25) is 0 Å². The number of aryl methyl sites for hydroxylation is 1. The van der Waals surface area contributed by atoms with E-state index in [9.17, 15) is 13.2 Å². The Morgan fingerprint density at radius 1 is 0.967 bits per heavy atom. The van der Waals surface area contributed by atoms with Crippen molar-refractivity contribution in [3.8, 4) is 11.4 Å². The van der Waals surface area contributed by atoms with Crippen LogP contribution in [0.25, 0.3) is 22.3 Å². The lowest BCUT2D eigenvalue weighted by molar-refractivity contribution is -0.137. The van der Waals surface area contributed by atoms with Crippen LogP contribution in [0.1, 0.15) is 17.7 Å². The molecule has 0 bridgehead atoms. The zero-order chi connectivity index (χ0) is 21.1. The molecule has 2 heterocycles. The quantitative estimate of drug-likeness (QED) is 0.440. The van der Waals surface area contributed by atoms with E-state index in [1.54, 1.807) is 0 Å². The molecule has 0 saturated heterocycles. The van der Waals surface area contributed by atoms with E-state index < -0.39 is 11.7 Å². The second kappa shape index (κ2) is 8.07. The summed E-state index contributed by atoms with van der Waals surface area (Å²) in [5, 5.41) is 19.2. The van der Waals surface area contributed by atoms with Gasteiger partial charge in [0.1, 0.15) is 5.69 Å². The van der Waals surface area contributed by atoms with Crippen molar-refractivity contribution in [1.82, 2.24) is 25.4 Å². The first kappa shape index (κ1) is 19.8. The molecule has 4 rings (SSSR count). The van der Waals surface area contributed by atoms with E-state index in [-0.39, 0.29) is 11.4 Å². The van der Waals surface area contributed by atoms with E-state index >= 15 is 0 Å². The highest BCUT2D eigenvalue weighted by Crippen LogP contribution is 2.36.